The smallest absolute Gasteiger partial charge is 0.295 e. The molecule has 0 spiro atoms. The van der Waals surface area contributed by atoms with Crippen LogP contribution in [0.1, 0.15) is 49.9 Å². The Morgan fingerprint density at radius 3 is 2.37 bits per heavy atom. The summed E-state index contributed by atoms with van der Waals surface area (Å²) in [5.41, 5.74) is 1.99. The molecule has 3 rings (SSSR count). The molecule has 0 bridgehead atoms. The molecule has 8 heteroatoms. The molecule has 1 aliphatic heterocycles. The van der Waals surface area contributed by atoms with Gasteiger partial charge in [0.1, 0.15) is 11.5 Å². The first-order valence-corrected chi connectivity index (χ1v) is 13.1. The molecular weight excluding hydrogens is 484 g/mol. The maximum atomic E-state index is 13.4. The molecule has 2 aromatic rings. The van der Waals surface area contributed by atoms with Crippen LogP contribution in [0.15, 0.2) is 42.0 Å². The zero-order chi connectivity index (χ0) is 28.0. The van der Waals surface area contributed by atoms with Crippen LogP contribution in [0.3, 0.4) is 0 Å². The lowest BCUT2D eigenvalue weighted by Crippen LogP contribution is -2.35. The van der Waals surface area contributed by atoms with E-state index < -0.39 is 17.7 Å². The van der Waals surface area contributed by atoms with E-state index in [1.807, 2.05) is 32.8 Å². The van der Waals surface area contributed by atoms with Crippen molar-refractivity contribution in [3.05, 3.63) is 58.7 Å². The van der Waals surface area contributed by atoms with Crippen molar-refractivity contribution in [2.75, 3.05) is 47.5 Å². The van der Waals surface area contributed by atoms with Gasteiger partial charge in [-0.1, -0.05) is 26.8 Å². The van der Waals surface area contributed by atoms with Crippen LogP contribution in [0.4, 0.5) is 0 Å². The van der Waals surface area contributed by atoms with Crippen LogP contribution in [-0.4, -0.2) is 74.1 Å². The summed E-state index contributed by atoms with van der Waals surface area (Å²) in [6.07, 6.45) is 0.810. The predicted molar refractivity (Wildman–Crippen MR) is 148 cm³/mol. The number of rotatable bonds is 12. The molecule has 0 radical (unpaired) electrons. The lowest BCUT2D eigenvalue weighted by Gasteiger charge is -2.27. The summed E-state index contributed by atoms with van der Waals surface area (Å²) in [6.45, 7) is 9.98. The van der Waals surface area contributed by atoms with E-state index in [-0.39, 0.29) is 11.3 Å². The van der Waals surface area contributed by atoms with Crippen molar-refractivity contribution >= 4 is 17.4 Å². The molecule has 1 aliphatic rings. The Morgan fingerprint density at radius 2 is 1.76 bits per heavy atom. The van der Waals surface area contributed by atoms with Gasteiger partial charge < -0.3 is 29.1 Å². The second kappa shape index (κ2) is 12.8. The molecule has 1 heterocycles. The third kappa shape index (κ3) is 6.48. The van der Waals surface area contributed by atoms with Crippen LogP contribution in [0.25, 0.3) is 5.76 Å². The molecule has 1 atom stereocenters. The van der Waals surface area contributed by atoms with E-state index in [0.717, 1.165) is 12.0 Å². The van der Waals surface area contributed by atoms with Crippen LogP contribution in [-0.2, 0) is 9.59 Å². The highest BCUT2D eigenvalue weighted by molar-refractivity contribution is 6.46. The molecule has 1 saturated heterocycles. The number of hydrogen-bond donors (Lipinski definition) is 1. The van der Waals surface area contributed by atoms with Gasteiger partial charge in [0.2, 0.25) is 0 Å². The highest BCUT2D eigenvalue weighted by atomic mass is 16.5. The number of likely N-dealkylation sites (N-methyl/N-ethyl adjacent to an activating group) is 1. The first-order chi connectivity index (χ1) is 18.1. The number of aliphatic hydroxyl groups excluding tert-OH is 1. The van der Waals surface area contributed by atoms with Gasteiger partial charge >= 0.3 is 0 Å². The number of amides is 1. The highest BCUT2D eigenvalue weighted by Crippen LogP contribution is 2.42. The minimum absolute atomic E-state index is 0.0515. The Bertz CT molecular complexity index is 1190. The zero-order valence-corrected chi connectivity index (χ0v) is 23.5. The summed E-state index contributed by atoms with van der Waals surface area (Å²) >= 11 is 0. The number of benzene rings is 2. The third-order valence-corrected chi connectivity index (χ3v) is 6.31. The lowest BCUT2D eigenvalue weighted by atomic mass is 9.94. The van der Waals surface area contributed by atoms with E-state index in [2.05, 4.69) is 13.8 Å². The number of ether oxygens (including phenoxy) is 3. The number of carbonyl (C=O) groups excluding carboxylic acids is 2. The fourth-order valence-electron chi connectivity index (χ4n) is 4.32. The number of aliphatic hydroxyl groups is 1. The molecule has 1 amide bonds. The highest BCUT2D eigenvalue weighted by Gasteiger charge is 2.46. The Balaban J connectivity index is 2.12. The van der Waals surface area contributed by atoms with Crippen LogP contribution < -0.4 is 14.2 Å². The summed E-state index contributed by atoms with van der Waals surface area (Å²) in [5, 5.41) is 11.5. The van der Waals surface area contributed by atoms with Crippen molar-refractivity contribution in [2.24, 2.45) is 5.92 Å². The van der Waals surface area contributed by atoms with Crippen LogP contribution in [0.5, 0.6) is 17.2 Å². The summed E-state index contributed by atoms with van der Waals surface area (Å²) in [5.74, 6) is 0.593. The van der Waals surface area contributed by atoms with Gasteiger partial charge in [0.05, 0.1) is 31.9 Å². The van der Waals surface area contributed by atoms with Crippen molar-refractivity contribution < 1.29 is 28.9 Å². The first kappa shape index (κ1) is 29.0. The van der Waals surface area contributed by atoms with Crippen LogP contribution in [0.2, 0.25) is 0 Å². The monoisotopic (exact) mass is 524 g/mol. The Morgan fingerprint density at radius 1 is 1.05 bits per heavy atom. The average Bonchev–Trinajstić information content (AvgIpc) is 3.14. The quantitative estimate of drug-likeness (QED) is 0.242. The summed E-state index contributed by atoms with van der Waals surface area (Å²) in [7, 11) is 5.37. The van der Waals surface area contributed by atoms with E-state index in [4.69, 9.17) is 14.2 Å². The SMILES string of the molecule is CCCOc1cc(C2/C(=C(/O)c3ccc(OCC(C)C)c(C)c3)C(=O)C(=O)N2CCN(C)C)ccc1OC. The predicted octanol–water partition coefficient (Wildman–Crippen LogP) is 4.81. The second-order valence-corrected chi connectivity index (χ2v) is 10.2. The van der Waals surface area contributed by atoms with Crippen molar-refractivity contribution in [1.29, 1.82) is 0 Å². The summed E-state index contributed by atoms with van der Waals surface area (Å²) in [6, 6.07) is 9.85. The third-order valence-electron chi connectivity index (χ3n) is 6.31. The average molecular weight is 525 g/mol. The van der Waals surface area contributed by atoms with Gasteiger partial charge in [0.15, 0.2) is 11.5 Å². The largest absolute Gasteiger partial charge is 0.507 e. The van der Waals surface area contributed by atoms with Crippen LogP contribution in [0, 0.1) is 12.8 Å². The van der Waals surface area contributed by atoms with E-state index in [1.54, 1.807) is 43.5 Å². The number of nitrogens with zero attached hydrogens (tertiary/aromatic N) is 2. The maximum absolute atomic E-state index is 13.4. The zero-order valence-electron chi connectivity index (χ0n) is 23.5. The van der Waals surface area contributed by atoms with Gasteiger partial charge in [0, 0.05) is 18.7 Å². The van der Waals surface area contributed by atoms with Gasteiger partial charge in [-0.25, -0.2) is 0 Å². The normalized spacial score (nSPS) is 17.0. The standard InChI is InChI=1S/C30H40N2O6/c1-8-15-37-25-17-21(9-12-24(25)36-7)27-26(29(34)30(35)32(27)14-13-31(5)6)28(33)22-10-11-23(20(4)16-22)38-18-19(2)3/h9-12,16-17,19,27,33H,8,13-15,18H2,1-7H3/b28-26-. The number of hydrogen-bond acceptors (Lipinski definition) is 7. The van der Waals surface area contributed by atoms with Crippen molar-refractivity contribution in [1.82, 2.24) is 9.80 Å². The number of aryl methyl sites for hydroxylation is 1. The first-order valence-electron chi connectivity index (χ1n) is 13.1. The van der Waals surface area contributed by atoms with Crippen molar-refractivity contribution in [2.45, 2.75) is 40.2 Å². The van der Waals surface area contributed by atoms with Gasteiger partial charge in [-0.3, -0.25) is 9.59 Å². The van der Waals surface area contributed by atoms with E-state index in [0.29, 0.717) is 60.6 Å². The lowest BCUT2D eigenvalue weighted by molar-refractivity contribution is -0.140. The van der Waals surface area contributed by atoms with Crippen molar-refractivity contribution in [3.8, 4) is 17.2 Å². The number of carbonyl (C=O) groups is 2. The summed E-state index contributed by atoms with van der Waals surface area (Å²) in [4.78, 5) is 30.1. The fourth-order valence-corrected chi connectivity index (χ4v) is 4.32. The molecule has 0 saturated carbocycles. The molecule has 1 unspecified atom stereocenters. The Labute approximate surface area is 225 Å². The van der Waals surface area contributed by atoms with Gasteiger partial charge in [0.25, 0.3) is 11.7 Å². The van der Waals surface area contributed by atoms with Gasteiger partial charge in [-0.15, -0.1) is 0 Å². The van der Waals surface area contributed by atoms with E-state index in [1.165, 1.54) is 4.90 Å². The number of Topliss-reactive ketones (excluding diaryl/α,β-unsaturated/α-hetero) is 1. The summed E-state index contributed by atoms with van der Waals surface area (Å²) < 4.78 is 17.2. The topological polar surface area (TPSA) is 88.5 Å². The number of ketones is 1. The maximum Gasteiger partial charge on any atom is 0.295 e. The molecule has 1 fully saturated rings. The van der Waals surface area contributed by atoms with Gasteiger partial charge in [-0.05, 0) is 74.8 Å². The fraction of sp³-hybridized carbons (Fsp3) is 0.467. The van der Waals surface area contributed by atoms with E-state index in [9.17, 15) is 14.7 Å². The van der Waals surface area contributed by atoms with E-state index >= 15 is 0 Å². The Kier molecular flexibility index (Phi) is 9.80. The minimum Gasteiger partial charge on any atom is -0.507 e. The molecule has 206 valence electrons. The number of methoxy groups -OCH3 is 1. The van der Waals surface area contributed by atoms with Crippen LogP contribution >= 0.6 is 0 Å². The molecule has 38 heavy (non-hydrogen) atoms. The molecule has 0 aliphatic carbocycles. The molecule has 1 N–H and O–H groups in total. The molecule has 2 aromatic carbocycles. The second-order valence-electron chi connectivity index (χ2n) is 10.2. The molecular formula is C30H40N2O6. The van der Waals surface area contributed by atoms with Gasteiger partial charge in [-0.2, -0.15) is 0 Å². The minimum atomic E-state index is -0.776. The van der Waals surface area contributed by atoms with Crippen molar-refractivity contribution in [3.63, 3.8) is 0 Å². The molecule has 8 nitrogen and oxygen atoms in total. The Hall–Kier alpha value is -3.52. The molecule has 0 aromatic heterocycles. The number of likely N-dealkylation sites (tertiary alicyclic amines) is 1.